The van der Waals surface area contributed by atoms with Gasteiger partial charge in [-0.05, 0) is 30.5 Å². The molecule has 1 aromatic rings. The normalized spacial score (nSPS) is 13.7. The van der Waals surface area contributed by atoms with E-state index in [1.807, 2.05) is 36.1 Å². The number of hydrogen-bond donors (Lipinski definition) is 2. The molecule has 2 unspecified atom stereocenters. The fraction of sp³-hybridized carbons (Fsp3) is 0.500. The molecule has 0 aliphatic carbocycles. The molecule has 6 heteroatoms. The fourth-order valence-corrected chi connectivity index (χ4v) is 2.44. The quantitative estimate of drug-likeness (QED) is 0.769. The summed E-state index contributed by atoms with van der Waals surface area (Å²) in [6, 6.07) is 6.95. The Bertz CT molecular complexity index is 522. The predicted octanol–water partition coefficient (Wildman–Crippen LogP) is 2.35. The maximum absolute atomic E-state index is 11.3. The third-order valence-corrected chi connectivity index (χ3v) is 3.84. The van der Waals surface area contributed by atoms with Crippen LogP contribution in [0.5, 0.6) is 0 Å². The van der Waals surface area contributed by atoms with Crippen molar-refractivity contribution in [2.75, 3.05) is 19.6 Å². The van der Waals surface area contributed by atoms with E-state index in [4.69, 9.17) is 11.6 Å². The van der Waals surface area contributed by atoms with Crippen molar-refractivity contribution in [1.29, 1.82) is 0 Å². The van der Waals surface area contributed by atoms with Gasteiger partial charge in [-0.3, -0.25) is 14.5 Å². The molecule has 1 aromatic carbocycles. The second kappa shape index (κ2) is 8.76. The molecule has 0 heterocycles. The molecule has 0 aliphatic rings. The van der Waals surface area contributed by atoms with Crippen molar-refractivity contribution in [3.8, 4) is 0 Å². The summed E-state index contributed by atoms with van der Waals surface area (Å²) < 4.78 is 0. The Labute approximate surface area is 136 Å². The number of halogens is 1. The van der Waals surface area contributed by atoms with Gasteiger partial charge in [-0.1, -0.05) is 30.7 Å². The van der Waals surface area contributed by atoms with Crippen LogP contribution in [-0.2, 0) is 9.59 Å². The van der Waals surface area contributed by atoms with Crippen LogP contribution in [0.4, 0.5) is 0 Å². The van der Waals surface area contributed by atoms with E-state index >= 15 is 0 Å². The zero-order valence-electron chi connectivity index (χ0n) is 13.2. The molecule has 0 fully saturated rings. The number of carboxylic acids is 1. The smallest absolute Gasteiger partial charge is 0.320 e. The Morgan fingerprint density at radius 1 is 1.36 bits per heavy atom. The highest BCUT2D eigenvalue weighted by molar-refractivity contribution is 6.30. The van der Waals surface area contributed by atoms with Crippen LogP contribution < -0.4 is 5.32 Å². The number of rotatable bonds is 8. The van der Waals surface area contributed by atoms with Crippen molar-refractivity contribution in [2.45, 2.75) is 32.7 Å². The van der Waals surface area contributed by atoms with Gasteiger partial charge in [0, 0.05) is 31.6 Å². The molecule has 0 bridgehead atoms. The zero-order valence-corrected chi connectivity index (χ0v) is 13.9. The number of aliphatic carboxylic acids is 1. The third kappa shape index (κ3) is 6.03. The average molecular weight is 327 g/mol. The van der Waals surface area contributed by atoms with Crippen LogP contribution in [0.1, 0.15) is 32.3 Å². The molecular weight excluding hydrogens is 304 g/mol. The average Bonchev–Trinajstić information content (AvgIpc) is 2.44. The Kier molecular flexibility index (Phi) is 7.35. The summed E-state index contributed by atoms with van der Waals surface area (Å²) in [5.74, 6) is -0.857. The van der Waals surface area contributed by atoms with E-state index in [0.29, 0.717) is 24.7 Å². The van der Waals surface area contributed by atoms with E-state index in [1.54, 1.807) is 6.92 Å². The van der Waals surface area contributed by atoms with E-state index in [9.17, 15) is 14.7 Å². The Morgan fingerprint density at radius 2 is 2.05 bits per heavy atom. The SMILES string of the molecule is CC(=O)NCCN(CC(C)c1cccc(Cl)c1)C(C)C(=O)O. The van der Waals surface area contributed by atoms with Crippen molar-refractivity contribution in [2.24, 2.45) is 0 Å². The molecule has 122 valence electrons. The Balaban J connectivity index is 2.73. The van der Waals surface area contributed by atoms with Gasteiger partial charge < -0.3 is 10.4 Å². The van der Waals surface area contributed by atoms with Crippen LogP contribution in [0.25, 0.3) is 0 Å². The van der Waals surface area contributed by atoms with E-state index in [-0.39, 0.29) is 11.8 Å². The third-order valence-electron chi connectivity index (χ3n) is 3.60. The second-order valence-electron chi connectivity index (χ2n) is 5.45. The summed E-state index contributed by atoms with van der Waals surface area (Å²) in [6.45, 7) is 6.62. The minimum absolute atomic E-state index is 0.120. The number of carbonyl (C=O) groups excluding carboxylic acids is 1. The summed E-state index contributed by atoms with van der Waals surface area (Å²) in [6.07, 6.45) is 0. The lowest BCUT2D eigenvalue weighted by molar-refractivity contribution is -0.142. The standard InChI is InChI=1S/C16H23ClN2O3/c1-11(14-5-4-6-15(17)9-14)10-19(12(2)16(21)22)8-7-18-13(3)20/h4-6,9,11-12H,7-8,10H2,1-3H3,(H,18,20)(H,21,22). The summed E-state index contributed by atoms with van der Waals surface area (Å²) in [5, 5.41) is 12.6. The van der Waals surface area contributed by atoms with Crippen molar-refractivity contribution in [1.82, 2.24) is 10.2 Å². The molecule has 1 amide bonds. The van der Waals surface area contributed by atoms with Crippen molar-refractivity contribution >= 4 is 23.5 Å². The summed E-state index contributed by atoms with van der Waals surface area (Å²) in [7, 11) is 0. The van der Waals surface area contributed by atoms with Crippen LogP contribution >= 0.6 is 11.6 Å². The van der Waals surface area contributed by atoms with Crippen LogP contribution in [-0.4, -0.2) is 47.6 Å². The van der Waals surface area contributed by atoms with Gasteiger partial charge in [-0.2, -0.15) is 0 Å². The highest BCUT2D eigenvalue weighted by Gasteiger charge is 2.22. The second-order valence-corrected chi connectivity index (χ2v) is 5.88. The number of carboxylic acid groups (broad SMARTS) is 1. The van der Waals surface area contributed by atoms with Crippen LogP contribution in [0.2, 0.25) is 5.02 Å². The highest BCUT2D eigenvalue weighted by atomic mass is 35.5. The van der Waals surface area contributed by atoms with Crippen molar-refractivity contribution in [3.05, 3.63) is 34.9 Å². The first-order valence-electron chi connectivity index (χ1n) is 7.28. The van der Waals surface area contributed by atoms with E-state index < -0.39 is 12.0 Å². The number of nitrogens with zero attached hydrogens (tertiary/aromatic N) is 1. The topological polar surface area (TPSA) is 69.6 Å². The first kappa shape index (κ1) is 18.5. The summed E-state index contributed by atoms with van der Waals surface area (Å²) >= 11 is 6.00. The Morgan fingerprint density at radius 3 is 2.59 bits per heavy atom. The zero-order chi connectivity index (χ0) is 16.7. The van der Waals surface area contributed by atoms with Gasteiger partial charge in [0.2, 0.25) is 5.91 Å². The van der Waals surface area contributed by atoms with Crippen LogP contribution in [0.15, 0.2) is 24.3 Å². The van der Waals surface area contributed by atoms with Crippen LogP contribution in [0.3, 0.4) is 0 Å². The molecule has 2 atom stereocenters. The van der Waals surface area contributed by atoms with E-state index in [1.165, 1.54) is 6.92 Å². The van der Waals surface area contributed by atoms with Gasteiger partial charge >= 0.3 is 5.97 Å². The van der Waals surface area contributed by atoms with Gasteiger partial charge in [-0.15, -0.1) is 0 Å². The highest BCUT2D eigenvalue weighted by Crippen LogP contribution is 2.21. The molecule has 0 saturated heterocycles. The largest absolute Gasteiger partial charge is 0.480 e. The van der Waals surface area contributed by atoms with E-state index in [2.05, 4.69) is 5.32 Å². The molecular formula is C16H23ClN2O3. The summed E-state index contributed by atoms with van der Waals surface area (Å²) in [5.41, 5.74) is 1.06. The lowest BCUT2D eigenvalue weighted by Crippen LogP contribution is -2.44. The molecule has 1 rings (SSSR count). The predicted molar refractivity (Wildman–Crippen MR) is 87.2 cm³/mol. The van der Waals surface area contributed by atoms with Gasteiger partial charge in [-0.25, -0.2) is 0 Å². The van der Waals surface area contributed by atoms with Crippen molar-refractivity contribution < 1.29 is 14.7 Å². The van der Waals surface area contributed by atoms with Gasteiger partial charge in [0.05, 0.1) is 0 Å². The number of benzene rings is 1. The molecule has 0 radical (unpaired) electrons. The van der Waals surface area contributed by atoms with E-state index in [0.717, 1.165) is 5.56 Å². The lowest BCUT2D eigenvalue weighted by atomic mass is 10.00. The maximum atomic E-state index is 11.3. The first-order chi connectivity index (χ1) is 10.3. The van der Waals surface area contributed by atoms with Gasteiger partial charge in [0.15, 0.2) is 0 Å². The molecule has 0 aliphatic heterocycles. The minimum Gasteiger partial charge on any atom is -0.480 e. The molecule has 22 heavy (non-hydrogen) atoms. The number of amides is 1. The number of hydrogen-bond acceptors (Lipinski definition) is 3. The monoisotopic (exact) mass is 326 g/mol. The molecule has 2 N–H and O–H groups in total. The molecule has 5 nitrogen and oxygen atoms in total. The Hall–Kier alpha value is -1.59. The van der Waals surface area contributed by atoms with Crippen LogP contribution in [0, 0.1) is 0 Å². The lowest BCUT2D eigenvalue weighted by Gasteiger charge is -2.29. The number of carbonyl (C=O) groups is 2. The first-order valence-corrected chi connectivity index (χ1v) is 7.65. The summed E-state index contributed by atoms with van der Waals surface area (Å²) in [4.78, 5) is 24.1. The minimum atomic E-state index is -0.874. The number of nitrogens with one attached hydrogen (secondary N) is 1. The fourth-order valence-electron chi connectivity index (χ4n) is 2.25. The van der Waals surface area contributed by atoms with Gasteiger partial charge in [0.25, 0.3) is 0 Å². The molecule has 0 aromatic heterocycles. The molecule has 0 saturated carbocycles. The maximum Gasteiger partial charge on any atom is 0.320 e. The van der Waals surface area contributed by atoms with Crippen molar-refractivity contribution in [3.63, 3.8) is 0 Å². The van der Waals surface area contributed by atoms with Gasteiger partial charge in [0.1, 0.15) is 6.04 Å². The molecule has 0 spiro atoms.